The number of hydrogen-bond acceptors (Lipinski definition) is 5. The standard InChI is InChI=1S/C9H22N3O6P/c1-3-12(14,4-2)6-8-18-19(15,16)17-7-5-11-9(10)13/h14H,3-8H2,1-2H3,(H3-,10,11,13,15,16)/p+1. The van der Waals surface area contributed by atoms with Crippen molar-refractivity contribution in [2.45, 2.75) is 13.8 Å². The van der Waals surface area contributed by atoms with Crippen LogP contribution < -0.4 is 11.1 Å². The zero-order valence-electron chi connectivity index (χ0n) is 11.2. The molecular weight excluding hydrogens is 277 g/mol. The molecule has 0 aliphatic carbocycles. The quantitative estimate of drug-likeness (QED) is 0.195. The fourth-order valence-corrected chi connectivity index (χ4v) is 1.95. The first kappa shape index (κ1) is 18.3. The maximum atomic E-state index is 11.4. The van der Waals surface area contributed by atoms with Crippen LogP contribution in [0.4, 0.5) is 4.79 Å². The van der Waals surface area contributed by atoms with Crippen molar-refractivity contribution in [1.82, 2.24) is 5.32 Å². The van der Waals surface area contributed by atoms with Crippen LogP contribution in [0.15, 0.2) is 0 Å². The Morgan fingerprint density at radius 1 is 1.32 bits per heavy atom. The van der Waals surface area contributed by atoms with Gasteiger partial charge in [-0.25, -0.2) is 14.6 Å². The van der Waals surface area contributed by atoms with Gasteiger partial charge in [0.15, 0.2) is 0 Å². The Bertz CT molecular complexity index is 323. The van der Waals surface area contributed by atoms with Gasteiger partial charge in [0.05, 0.1) is 6.61 Å². The number of amides is 2. The summed E-state index contributed by atoms with van der Waals surface area (Å²) in [6.07, 6.45) is 0. The third kappa shape index (κ3) is 8.93. The molecular formula is C9H23N3O6P+. The fourth-order valence-electron chi connectivity index (χ4n) is 1.24. The van der Waals surface area contributed by atoms with Gasteiger partial charge >= 0.3 is 13.9 Å². The summed E-state index contributed by atoms with van der Waals surface area (Å²) < 4.78 is 20.4. The minimum atomic E-state index is -4.17. The van der Waals surface area contributed by atoms with E-state index >= 15 is 0 Å². The molecule has 0 aromatic rings. The molecule has 0 saturated carbocycles. The van der Waals surface area contributed by atoms with E-state index in [9.17, 15) is 19.5 Å². The van der Waals surface area contributed by atoms with Crippen molar-refractivity contribution in [1.29, 1.82) is 0 Å². The van der Waals surface area contributed by atoms with E-state index in [0.29, 0.717) is 13.1 Å². The van der Waals surface area contributed by atoms with Crippen LogP contribution in [0.1, 0.15) is 13.8 Å². The van der Waals surface area contributed by atoms with E-state index in [1.54, 1.807) is 13.8 Å². The predicted octanol–water partition coefficient (Wildman–Crippen LogP) is 0.0341. The van der Waals surface area contributed by atoms with Gasteiger partial charge in [-0.15, -0.1) is 0 Å². The lowest BCUT2D eigenvalue weighted by molar-refractivity contribution is -1.10. The molecule has 0 aromatic carbocycles. The van der Waals surface area contributed by atoms with Gasteiger partial charge in [-0.2, -0.15) is 4.65 Å². The van der Waals surface area contributed by atoms with Gasteiger partial charge in [0.2, 0.25) is 0 Å². The Labute approximate surface area is 112 Å². The molecule has 5 N–H and O–H groups in total. The van der Waals surface area contributed by atoms with E-state index in [0.717, 1.165) is 0 Å². The zero-order valence-corrected chi connectivity index (χ0v) is 12.1. The molecule has 10 heteroatoms. The van der Waals surface area contributed by atoms with Gasteiger partial charge in [-0.3, -0.25) is 9.05 Å². The topological polar surface area (TPSA) is 131 Å². The summed E-state index contributed by atoms with van der Waals surface area (Å²) in [5.41, 5.74) is 4.80. The molecule has 1 atom stereocenters. The number of nitrogens with two attached hydrogens (primary N) is 1. The number of carbonyl (C=O) groups excluding carboxylic acids is 1. The Morgan fingerprint density at radius 2 is 1.84 bits per heavy atom. The first-order valence-corrected chi connectivity index (χ1v) is 7.48. The number of hydroxylamine groups is 3. The summed E-state index contributed by atoms with van der Waals surface area (Å²) >= 11 is 0. The Balaban J connectivity index is 3.90. The van der Waals surface area contributed by atoms with E-state index in [-0.39, 0.29) is 30.9 Å². The average molecular weight is 300 g/mol. The molecule has 0 aromatic heterocycles. The number of rotatable bonds is 10. The first-order chi connectivity index (χ1) is 8.74. The number of nitrogens with zero attached hydrogens (tertiary/aromatic N) is 1. The summed E-state index contributed by atoms with van der Waals surface area (Å²) in [6, 6.07) is -0.745. The van der Waals surface area contributed by atoms with Crippen LogP contribution in [-0.2, 0) is 13.6 Å². The summed E-state index contributed by atoms with van der Waals surface area (Å²) in [7, 11) is -4.17. The van der Waals surface area contributed by atoms with Gasteiger partial charge in [0.25, 0.3) is 0 Å². The number of phosphoric acid groups is 1. The summed E-state index contributed by atoms with van der Waals surface area (Å²) in [5.74, 6) is 0. The number of likely N-dealkylation sites (N-methyl/N-ethyl adjacent to an activating group) is 1. The van der Waals surface area contributed by atoms with Crippen molar-refractivity contribution >= 4 is 13.9 Å². The van der Waals surface area contributed by atoms with E-state index < -0.39 is 13.9 Å². The van der Waals surface area contributed by atoms with Gasteiger partial charge in [-0.1, -0.05) is 0 Å². The fraction of sp³-hybridized carbons (Fsp3) is 0.889. The molecule has 0 heterocycles. The molecule has 0 fully saturated rings. The van der Waals surface area contributed by atoms with E-state index in [4.69, 9.17) is 10.3 Å². The third-order valence-electron chi connectivity index (χ3n) is 2.59. The van der Waals surface area contributed by atoms with Crippen LogP contribution in [0.2, 0.25) is 0 Å². The second-order valence-corrected chi connectivity index (χ2v) is 5.33. The minimum absolute atomic E-state index is 0.00711. The summed E-state index contributed by atoms with van der Waals surface area (Å²) in [4.78, 5) is 19.6. The molecule has 0 aliphatic heterocycles. The highest BCUT2D eigenvalue weighted by Crippen LogP contribution is 2.42. The maximum absolute atomic E-state index is 11.4. The molecule has 0 saturated heterocycles. The number of primary amides is 1. The lowest BCUT2D eigenvalue weighted by Gasteiger charge is -2.27. The number of nitrogens with one attached hydrogen (secondary N) is 1. The van der Waals surface area contributed by atoms with E-state index in [1.807, 2.05) is 0 Å². The van der Waals surface area contributed by atoms with Crippen LogP contribution in [0.5, 0.6) is 0 Å². The van der Waals surface area contributed by atoms with Gasteiger partial charge < -0.3 is 15.9 Å². The van der Waals surface area contributed by atoms with Gasteiger partial charge in [0, 0.05) is 6.54 Å². The number of urea groups is 1. The number of quaternary nitrogens is 1. The van der Waals surface area contributed by atoms with Crippen LogP contribution in [0.3, 0.4) is 0 Å². The first-order valence-electron chi connectivity index (χ1n) is 5.98. The molecule has 2 amide bonds. The maximum Gasteiger partial charge on any atom is 0.472 e. The summed E-state index contributed by atoms with van der Waals surface area (Å²) in [5, 5.41) is 12.1. The Morgan fingerprint density at radius 3 is 2.32 bits per heavy atom. The average Bonchev–Trinajstić information content (AvgIpc) is 2.34. The lowest BCUT2D eigenvalue weighted by Crippen LogP contribution is -2.46. The van der Waals surface area contributed by atoms with Crippen LogP contribution in [-0.4, -0.2) is 60.2 Å². The lowest BCUT2D eigenvalue weighted by atomic mass is 10.5. The molecule has 0 aliphatic rings. The second-order valence-electron chi connectivity index (χ2n) is 3.88. The van der Waals surface area contributed by atoms with Crippen molar-refractivity contribution < 1.29 is 33.2 Å². The van der Waals surface area contributed by atoms with Crippen LogP contribution in [0, 0.1) is 0 Å². The van der Waals surface area contributed by atoms with Crippen molar-refractivity contribution in [2.24, 2.45) is 5.73 Å². The molecule has 9 nitrogen and oxygen atoms in total. The van der Waals surface area contributed by atoms with Crippen molar-refractivity contribution in [3.8, 4) is 0 Å². The normalized spacial score (nSPS) is 14.9. The Hall–Kier alpha value is -0.700. The summed E-state index contributed by atoms with van der Waals surface area (Å²) in [6.45, 7) is 4.42. The third-order valence-corrected chi connectivity index (χ3v) is 3.61. The molecule has 0 radical (unpaired) electrons. The highest BCUT2D eigenvalue weighted by Gasteiger charge is 2.25. The highest BCUT2D eigenvalue weighted by molar-refractivity contribution is 7.47. The van der Waals surface area contributed by atoms with Gasteiger partial charge in [0.1, 0.15) is 26.2 Å². The molecule has 0 rings (SSSR count). The molecule has 1 unspecified atom stereocenters. The van der Waals surface area contributed by atoms with Crippen molar-refractivity contribution in [3.05, 3.63) is 0 Å². The minimum Gasteiger partial charge on any atom is -0.352 e. The second kappa shape index (κ2) is 8.47. The number of phosphoric ester groups is 1. The monoisotopic (exact) mass is 300 g/mol. The zero-order chi connectivity index (χ0) is 14.9. The predicted molar refractivity (Wildman–Crippen MR) is 67.3 cm³/mol. The Kier molecular flexibility index (Phi) is 8.15. The molecule has 0 spiro atoms. The van der Waals surface area contributed by atoms with Crippen molar-refractivity contribution in [3.63, 3.8) is 0 Å². The molecule has 19 heavy (non-hydrogen) atoms. The largest absolute Gasteiger partial charge is 0.472 e. The van der Waals surface area contributed by atoms with E-state index in [1.165, 1.54) is 0 Å². The van der Waals surface area contributed by atoms with Crippen LogP contribution >= 0.6 is 7.82 Å². The smallest absolute Gasteiger partial charge is 0.352 e. The van der Waals surface area contributed by atoms with Crippen molar-refractivity contribution in [2.75, 3.05) is 39.4 Å². The van der Waals surface area contributed by atoms with E-state index in [2.05, 4.69) is 9.84 Å². The highest BCUT2D eigenvalue weighted by atomic mass is 31.2. The van der Waals surface area contributed by atoms with Crippen LogP contribution in [0.25, 0.3) is 0 Å². The molecule has 114 valence electrons. The number of hydrogen-bond donors (Lipinski definition) is 4. The molecule has 0 bridgehead atoms. The SMILES string of the molecule is CC[N+](O)(CC)CCOP(=O)(O)OCCNC(N)=O. The van der Waals surface area contributed by atoms with Gasteiger partial charge in [-0.05, 0) is 13.8 Å². The number of carbonyl (C=O) groups is 1.